The molecule has 0 radical (unpaired) electrons. The number of amides is 1. The average molecular weight is 332 g/mol. The number of carbonyl (C=O) groups excluding carboxylic acids is 1. The van der Waals surface area contributed by atoms with Gasteiger partial charge < -0.3 is 14.8 Å². The fraction of sp³-hybridized carbons (Fsp3) is 0.579. The Hall–Kier alpha value is -2.06. The number of nitriles is 1. The molecule has 1 unspecified atom stereocenters. The van der Waals surface area contributed by atoms with Gasteiger partial charge in [0.1, 0.15) is 17.4 Å². The van der Waals surface area contributed by atoms with Crippen LogP contribution in [0, 0.1) is 11.3 Å². The van der Waals surface area contributed by atoms with E-state index in [-0.39, 0.29) is 5.91 Å². The lowest BCUT2D eigenvalue weighted by Crippen LogP contribution is -2.43. The summed E-state index contributed by atoms with van der Waals surface area (Å²) in [5.74, 6) is 0.392. The van der Waals surface area contributed by atoms with Gasteiger partial charge in [0.2, 0.25) is 0 Å². The van der Waals surface area contributed by atoms with Crippen LogP contribution in [0.3, 0.4) is 0 Å². The number of hydrogen-bond acceptors (Lipinski definition) is 4. The van der Waals surface area contributed by atoms with Crippen LogP contribution in [-0.2, 0) is 9.53 Å². The minimum Gasteiger partial charge on any atom is -0.494 e. The summed E-state index contributed by atoms with van der Waals surface area (Å²) < 4.78 is 11.1. The molecule has 24 heavy (non-hydrogen) atoms. The molecule has 1 rings (SSSR count). The van der Waals surface area contributed by atoms with Crippen molar-refractivity contribution in [2.45, 2.75) is 59.0 Å². The molecule has 1 amide bonds. The Morgan fingerprint density at radius 1 is 1.25 bits per heavy atom. The molecule has 0 aromatic heterocycles. The summed E-state index contributed by atoms with van der Waals surface area (Å²) in [5, 5.41) is 12.2. The zero-order valence-electron chi connectivity index (χ0n) is 15.1. The van der Waals surface area contributed by atoms with E-state index in [2.05, 4.69) is 18.3 Å². The van der Waals surface area contributed by atoms with Crippen LogP contribution >= 0.6 is 0 Å². The molecule has 0 bridgehead atoms. The molecule has 5 nitrogen and oxygen atoms in total. The summed E-state index contributed by atoms with van der Waals surface area (Å²) in [7, 11) is 0. The lowest BCUT2D eigenvalue weighted by molar-refractivity contribution is -0.139. The van der Waals surface area contributed by atoms with E-state index < -0.39 is 5.60 Å². The van der Waals surface area contributed by atoms with Crippen LogP contribution in [-0.4, -0.2) is 24.7 Å². The van der Waals surface area contributed by atoms with E-state index in [0.717, 1.165) is 19.3 Å². The van der Waals surface area contributed by atoms with Gasteiger partial charge in [-0.3, -0.25) is 4.79 Å². The Balaban J connectivity index is 2.92. The van der Waals surface area contributed by atoms with Crippen LogP contribution in [0.25, 0.3) is 0 Å². The van der Waals surface area contributed by atoms with Gasteiger partial charge in [0.15, 0.2) is 0 Å². The standard InChI is InChI=1S/C19H28N2O3/c1-5-8-9-12-19(4,24-7-3)18(22)21-17-11-10-16(23-6-2)13-15(17)14-20/h10-11,13H,5-9,12H2,1-4H3,(H,21,22). The number of nitrogens with zero attached hydrogens (tertiary/aromatic N) is 1. The topological polar surface area (TPSA) is 71.3 Å². The summed E-state index contributed by atoms with van der Waals surface area (Å²) >= 11 is 0. The van der Waals surface area contributed by atoms with Gasteiger partial charge in [0, 0.05) is 6.61 Å². The van der Waals surface area contributed by atoms with E-state index in [1.807, 2.05) is 20.8 Å². The van der Waals surface area contributed by atoms with Crippen molar-refractivity contribution in [3.05, 3.63) is 23.8 Å². The van der Waals surface area contributed by atoms with Crippen molar-refractivity contribution < 1.29 is 14.3 Å². The number of ether oxygens (including phenoxy) is 2. The highest BCUT2D eigenvalue weighted by molar-refractivity contribution is 5.98. The van der Waals surface area contributed by atoms with Crippen molar-refractivity contribution in [3.63, 3.8) is 0 Å². The molecule has 1 atom stereocenters. The molecular formula is C19H28N2O3. The quantitative estimate of drug-likeness (QED) is 0.649. The number of unbranched alkanes of at least 4 members (excludes halogenated alkanes) is 2. The minimum absolute atomic E-state index is 0.221. The number of carbonyl (C=O) groups is 1. The molecule has 0 aliphatic heterocycles. The number of nitrogens with one attached hydrogen (secondary N) is 1. The maximum absolute atomic E-state index is 12.7. The number of hydrogen-bond donors (Lipinski definition) is 1. The Labute approximate surface area is 145 Å². The zero-order chi connectivity index (χ0) is 18.0. The highest BCUT2D eigenvalue weighted by atomic mass is 16.5. The van der Waals surface area contributed by atoms with E-state index in [0.29, 0.717) is 36.6 Å². The average Bonchev–Trinajstić information content (AvgIpc) is 2.56. The molecule has 0 saturated carbocycles. The lowest BCUT2D eigenvalue weighted by atomic mass is 9.96. The Morgan fingerprint density at radius 2 is 2.00 bits per heavy atom. The zero-order valence-corrected chi connectivity index (χ0v) is 15.1. The summed E-state index contributed by atoms with van der Waals surface area (Å²) in [6, 6.07) is 7.17. The summed E-state index contributed by atoms with van der Waals surface area (Å²) in [4.78, 5) is 12.7. The fourth-order valence-corrected chi connectivity index (χ4v) is 2.52. The van der Waals surface area contributed by atoms with Crippen molar-refractivity contribution in [1.82, 2.24) is 0 Å². The minimum atomic E-state index is -0.894. The first-order chi connectivity index (χ1) is 11.5. The molecule has 0 heterocycles. The van der Waals surface area contributed by atoms with Gasteiger partial charge in [-0.15, -0.1) is 0 Å². The Bertz CT molecular complexity index is 580. The molecule has 0 spiro atoms. The van der Waals surface area contributed by atoms with Gasteiger partial charge in [-0.2, -0.15) is 5.26 Å². The van der Waals surface area contributed by atoms with E-state index in [4.69, 9.17) is 9.47 Å². The molecule has 0 fully saturated rings. The molecule has 0 saturated heterocycles. The third-order valence-corrected chi connectivity index (χ3v) is 3.87. The van der Waals surface area contributed by atoms with Crippen LogP contribution in [0.5, 0.6) is 5.75 Å². The second-order valence-electron chi connectivity index (χ2n) is 5.83. The predicted molar refractivity (Wildman–Crippen MR) is 95.1 cm³/mol. The Kier molecular flexibility index (Phi) is 8.28. The van der Waals surface area contributed by atoms with Crippen LogP contribution < -0.4 is 10.1 Å². The predicted octanol–water partition coefficient (Wildman–Crippen LogP) is 4.27. The van der Waals surface area contributed by atoms with Crippen LogP contribution in [0.1, 0.15) is 58.9 Å². The molecule has 132 valence electrons. The normalized spacial score (nSPS) is 13.0. The smallest absolute Gasteiger partial charge is 0.256 e. The van der Waals surface area contributed by atoms with Crippen molar-refractivity contribution in [3.8, 4) is 11.8 Å². The van der Waals surface area contributed by atoms with Gasteiger partial charge in [-0.1, -0.05) is 26.2 Å². The number of rotatable bonds is 10. The summed E-state index contributed by atoms with van der Waals surface area (Å²) in [6.45, 7) is 8.68. The number of benzene rings is 1. The third-order valence-electron chi connectivity index (χ3n) is 3.87. The highest BCUT2D eigenvalue weighted by Crippen LogP contribution is 2.26. The van der Waals surface area contributed by atoms with Gasteiger partial charge >= 0.3 is 0 Å². The third kappa shape index (κ3) is 5.54. The van der Waals surface area contributed by atoms with Gasteiger partial charge in [-0.05, 0) is 45.4 Å². The highest BCUT2D eigenvalue weighted by Gasteiger charge is 2.33. The van der Waals surface area contributed by atoms with E-state index in [1.54, 1.807) is 18.2 Å². The van der Waals surface area contributed by atoms with E-state index >= 15 is 0 Å². The molecule has 0 aliphatic rings. The van der Waals surface area contributed by atoms with E-state index in [9.17, 15) is 10.1 Å². The van der Waals surface area contributed by atoms with E-state index in [1.165, 1.54) is 0 Å². The largest absolute Gasteiger partial charge is 0.494 e. The molecule has 1 aromatic rings. The van der Waals surface area contributed by atoms with Crippen molar-refractivity contribution >= 4 is 11.6 Å². The first kappa shape index (κ1) is 20.0. The maximum atomic E-state index is 12.7. The second-order valence-corrected chi connectivity index (χ2v) is 5.83. The molecule has 5 heteroatoms. The van der Waals surface area contributed by atoms with Gasteiger partial charge in [0.25, 0.3) is 5.91 Å². The molecule has 1 N–H and O–H groups in total. The monoisotopic (exact) mass is 332 g/mol. The second kappa shape index (κ2) is 9.94. The van der Waals surface area contributed by atoms with Crippen molar-refractivity contribution in [2.24, 2.45) is 0 Å². The molecule has 1 aromatic carbocycles. The maximum Gasteiger partial charge on any atom is 0.256 e. The van der Waals surface area contributed by atoms with Gasteiger partial charge in [-0.25, -0.2) is 0 Å². The van der Waals surface area contributed by atoms with Gasteiger partial charge in [0.05, 0.1) is 17.9 Å². The summed E-state index contributed by atoms with van der Waals surface area (Å²) in [6.07, 6.45) is 3.72. The first-order valence-corrected chi connectivity index (χ1v) is 8.63. The summed E-state index contributed by atoms with van der Waals surface area (Å²) in [5.41, 5.74) is -0.0380. The molecular weight excluding hydrogens is 304 g/mol. The first-order valence-electron chi connectivity index (χ1n) is 8.63. The molecule has 0 aliphatic carbocycles. The van der Waals surface area contributed by atoms with Crippen molar-refractivity contribution in [1.29, 1.82) is 5.26 Å². The van der Waals surface area contributed by atoms with Crippen LogP contribution in [0.2, 0.25) is 0 Å². The van der Waals surface area contributed by atoms with Crippen molar-refractivity contribution in [2.75, 3.05) is 18.5 Å². The Morgan fingerprint density at radius 3 is 2.58 bits per heavy atom. The SMILES string of the molecule is CCCCCC(C)(OCC)C(=O)Nc1ccc(OCC)cc1C#N. The number of anilines is 1. The lowest BCUT2D eigenvalue weighted by Gasteiger charge is -2.28. The van der Waals surface area contributed by atoms with Crippen LogP contribution in [0.15, 0.2) is 18.2 Å². The fourth-order valence-electron chi connectivity index (χ4n) is 2.52. The van der Waals surface area contributed by atoms with Crippen LogP contribution in [0.4, 0.5) is 5.69 Å².